The third-order valence-electron chi connectivity index (χ3n) is 2.84. The van der Waals surface area contributed by atoms with Crippen molar-refractivity contribution in [2.24, 2.45) is 5.92 Å². The Morgan fingerprint density at radius 2 is 2.05 bits per heavy atom. The van der Waals surface area contributed by atoms with Crippen LogP contribution < -0.4 is 5.48 Å². The molecule has 0 aromatic carbocycles. The standard InChI is InChI=1S/C11H23N2O5P/c1-9(2)8-12-18-19(15,16)17-11-4-6-13(7-5-11)10(3)14/h9,11-12H,4-8H2,1-3H3,(H,15,16). The van der Waals surface area contributed by atoms with Gasteiger partial charge in [-0.25, -0.2) is 4.57 Å². The molecular formula is C11H23N2O5P. The highest BCUT2D eigenvalue weighted by atomic mass is 31.2. The van der Waals surface area contributed by atoms with Gasteiger partial charge in [-0.05, 0) is 18.8 Å². The van der Waals surface area contributed by atoms with Gasteiger partial charge in [-0.1, -0.05) is 13.8 Å². The first-order valence-corrected chi connectivity index (χ1v) is 7.98. The number of hydrogen-bond acceptors (Lipinski definition) is 5. The van der Waals surface area contributed by atoms with Gasteiger partial charge in [-0.15, -0.1) is 0 Å². The van der Waals surface area contributed by atoms with E-state index >= 15 is 0 Å². The van der Waals surface area contributed by atoms with E-state index < -0.39 is 7.82 Å². The Morgan fingerprint density at radius 3 is 2.53 bits per heavy atom. The molecule has 7 nitrogen and oxygen atoms in total. The van der Waals surface area contributed by atoms with Gasteiger partial charge in [0, 0.05) is 26.6 Å². The topological polar surface area (TPSA) is 88.1 Å². The van der Waals surface area contributed by atoms with Crippen LogP contribution in [0.4, 0.5) is 0 Å². The molecule has 1 rings (SSSR count). The number of nitrogens with one attached hydrogen (secondary N) is 1. The lowest BCUT2D eigenvalue weighted by molar-refractivity contribution is -0.130. The minimum Gasteiger partial charge on any atom is -0.343 e. The highest BCUT2D eigenvalue weighted by Crippen LogP contribution is 2.44. The summed E-state index contributed by atoms with van der Waals surface area (Å²) in [5, 5.41) is 0. The maximum atomic E-state index is 11.6. The van der Waals surface area contributed by atoms with Crippen molar-refractivity contribution in [3.05, 3.63) is 0 Å². The molecule has 19 heavy (non-hydrogen) atoms. The van der Waals surface area contributed by atoms with Crippen LogP contribution in [0.25, 0.3) is 0 Å². The maximum absolute atomic E-state index is 11.6. The van der Waals surface area contributed by atoms with Gasteiger partial charge in [-0.2, -0.15) is 10.1 Å². The van der Waals surface area contributed by atoms with Gasteiger partial charge in [0.1, 0.15) is 0 Å². The summed E-state index contributed by atoms with van der Waals surface area (Å²) < 4.78 is 21.4. The molecule has 0 radical (unpaired) electrons. The predicted octanol–water partition coefficient (Wildman–Crippen LogP) is 1.29. The summed E-state index contributed by atoms with van der Waals surface area (Å²) >= 11 is 0. The quantitative estimate of drug-likeness (QED) is 0.567. The highest BCUT2D eigenvalue weighted by Gasteiger charge is 2.30. The summed E-state index contributed by atoms with van der Waals surface area (Å²) in [5.74, 6) is 0.319. The molecular weight excluding hydrogens is 271 g/mol. The number of phosphoric ester groups is 1. The lowest BCUT2D eigenvalue weighted by Gasteiger charge is -2.31. The van der Waals surface area contributed by atoms with Gasteiger partial charge >= 0.3 is 7.82 Å². The number of likely N-dealkylation sites (tertiary alicyclic amines) is 1. The number of amides is 1. The van der Waals surface area contributed by atoms with Crippen molar-refractivity contribution in [2.75, 3.05) is 19.6 Å². The van der Waals surface area contributed by atoms with Crippen LogP contribution in [0.5, 0.6) is 0 Å². The van der Waals surface area contributed by atoms with E-state index in [1.165, 1.54) is 6.92 Å². The first-order chi connectivity index (χ1) is 8.80. The molecule has 1 atom stereocenters. The third-order valence-corrected chi connectivity index (χ3v) is 3.77. The van der Waals surface area contributed by atoms with E-state index in [0.29, 0.717) is 38.4 Å². The highest BCUT2D eigenvalue weighted by molar-refractivity contribution is 7.47. The normalized spacial score (nSPS) is 20.6. The van der Waals surface area contributed by atoms with Crippen LogP contribution in [0.1, 0.15) is 33.6 Å². The minimum absolute atomic E-state index is 0.0143. The molecule has 0 aliphatic carbocycles. The van der Waals surface area contributed by atoms with Gasteiger partial charge in [0.15, 0.2) is 0 Å². The van der Waals surface area contributed by atoms with Crippen LogP contribution in [0.15, 0.2) is 0 Å². The Bertz CT molecular complexity index is 342. The molecule has 112 valence electrons. The van der Waals surface area contributed by atoms with E-state index in [0.717, 1.165) is 0 Å². The predicted molar refractivity (Wildman–Crippen MR) is 70.1 cm³/mol. The van der Waals surface area contributed by atoms with Crippen LogP contribution in [0, 0.1) is 5.92 Å². The van der Waals surface area contributed by atoms with Crippen LogP contribution in [0.2, 0.25) is 0 Å². The Hall–Kier alpha value is -0.460. The fraction of sp³-hybridized carbons (Fsp3) is 0.909. The number of nitrogens with zero attached hydrogens (tertiary/aromatic N) is 1. The van der Waals surface area contributed by atoms with E-state index in [-0.39, 0.29) is 12.0 Å². The molecule has 0 bridgehead atoms. The second-order valence-electron chi connectivity index (χ2n) is 5.11. The van der Waals surface area contributed by atoms with Crippen molar-refractivity contribution in [3.63, 3.8) is 0 Å². The molecule has 1 aliphatic heterocycles. The molecule has 2 N–H and O–H groups in total. The van der Waals surface area contributed by atoms with Crippen molar-refractivity contribution in [3.8, 4) is 0 Å². The first-order valence-electron chi connectivity index (χ1n) is 6.48. The molecule has 1 unspecified atom stereocenters. The average molecular weight is 294 g/mol. The zero-order valence-corrected chi connectivity index (χ0v) is 12.6. The van der Waals surface area contributed by atoms with Crippen molar-refractivity contribution < 1.29 is 23.4 Å². The average Bonchev–Trinajstić information content (AvgIpc) is 2.28. The lowest BCUT2D eigenvalue weighted by Crippen LogP contribution is -2.39. The van der Waals surface area contributed by atoms with Crippen LogP contribution >= 0.6 is 7.82 Å². The molecule has 1 amide bonds. The zero-order valence-electron chi connectivity index (χ0n) is 11.7. The molecule has 1 saturated heterocycles. The molecule has 8 heteroatoms. The second-order valence-corrected chi connectivity index (χ2v) is 6.44. The molecule has 1 heterocycles. The Kier molecular flexibility index (Phi) is 6.42. The van der Waals surface area contributed by atoms with Crippen molar-refractivity contribution >= 4 is 13.7 Å². The largest absolute Gasteiger partial charge is 0.489 e. The summed E-state index contributed by atoms with van der Waals surface area (Å²) in [6.07, 6.45) is 0.724. The molecule has 0 aromatic rings. The SMILES string of the molecule is CC(=O)N1CCC(OP(=O)(O)ONCC(C)C)CC1. The monoisotopic (exact) mass is 294 g/mol. The summed E-state index contributed by atoms with van der Waals surface area (Å²) in [5.41, 5.74) is 2.44. The summed E-state index contributed by atoms with van der Waals surface area (Å²) in [6.45, 7) is 6.97. The number of carbonyl (C=O) groups excluding carboxylic acids is 1. The van der Waals surface area contributed by atoms with E-state index in [9.17, 15) is 14.3 Å². The number of hydroxylamine groups is 1. The van der Waals surface area contributed by atoms with E-state index in [4.69, 9.17) is 4.52 Å². The van der Waals surface area contributed by atoms with Gasteiger partial charge in [-0.3, -0.25) is 9.32 Å². The zero-order chi connectivity index (χ0) is 14.5. The summed E-state index contributed by atoms with van der Waals surface area (Å²) in [6, 6.07) is 0. The number of rotatable bonds is 6. The number of hydrogen-bond donors (Lipinski definition) is 2. The van der Waals surface area contributed by atoms with E-state index in [2.05, 4.69) is 10.1 Å². The fourth-order valence-corrected chi connectivity index (χ4v) is 2.64. The van der Waals surface area contributed by atoms with Gasteiger partial charge in [0.25, 0.3) is 0 Å². The second kappa shape index (κ2) is 7.36. The Labute approximate surface area is 113 Å². The van der Waals surface area contributed by atoms with Crippen LogP contribution in [0.3, 0.4) is 0 Å². The first kappa shape index (κ1) is 16.6. The molecule has 0 saturated carbocycles. The molecule has 0 spiro atoms. The van der Waals surface area contributed by atoms with Gasteiger partial charge < -0.3 is 9.79 Å². The fourth-order valence-electron chi connectivity index (χ4n) is 1.77. The minimum atomic E-state index is -4.08. The van der Waals surface area contributed by atoms with E-state index in [1.54, 1.807) is 4.90 Å². The smallest absolute Gasteiger partial charge is 0.343 e. The third kappa shape index (κ3) is 6.49. The molecule has 1 fully saturated rings. The van der Waals surface area contributed by atoms with Crippen molar-refractivity contribution in [2.45, 2.75) is 39.7 Å². The maximum Gasteiger partial charge on any atom is 0.489 e. The molecule has 1 aliphatic rings. The van der Waals surface area contributed by atoms with Gasteiger partial charge in [0.2, 0.25) is 5.91 Å². The molecule has 0 aromatic heterocycles. The van der Waals surface area contributed by atoms with Crippen LogP contribution in [-0.2, 0) is 18.5 Å². The van der Waals surface area contributed by atoms with Crippen molar-refractivity contribution in [1.29, 1.82) is 0 Å². The summed E-state index contributed by atoms with van der Waals surface area (Å²) in [4.78, 5) is 22.4. The number of phosphoric acid groups is 1. The number of carbonyl (C=O) groups is 1. The van der Waals surface area contributed by atoms with Crippen molar-refractivity contribution in [1.82, 2.24) is 10.4 Å². The Balaban J connectivity index is 2.30. The van der Waals surface area contributed by atoms with E-state index in [1.807, 2.05) is 13.8 Å². The number of piperidine rings is 1. The Morgan fingerprint density at radius 1 is 1.47 bits per heavy atom. The summed E-state index contributed by atoms with van der Waals surface area (Å²) in [7, 11) is -4.08. The van der Waals surface area contributed by atoms with Crippen LogP contribution in [-0.4, -0.2) is 41.4 Å². The lowest BCUT2D eigenvalue weighted by atomic mass is 10.1. The van der Waals surface area contributed by atoms with Gasteiger partial charge in [0.05, 0.1) is 6.10 Å².